The van der Waals surface area contributed by atoms with Crippen molar-refractivity contribution in [2.24, 2.45) is 0 Å². The Morgan fingerprint density at radius 1 is 0.875 bits per heavy atom. The molecule has 4 aromatic rings. The van der Waals surface area contributed by atoms with Crippen molar-refractivity contribution < 1.29 is 17.9 Å². The Labute approximate surface area is 240 Å². The summed E-state index contributed by atoms with van der Waals surface area (Å²) in [6, 6.07) is 21.4. The van der Waals surface area contributed by atoms with Crippen molar-refractivity contribution in [2.45, 2.75) is 32.2 Å². The van der Waals surface area contributed by atoms with Crippen LogP contribution in [-0.2, 0) is 16.6 Å². The summed E-state index contributed by atoms with van der Waals surface area (Å²) >= 11 is 1.43. The van der Waals surface area contributed by atoms with E-state index in [-0.39, 0.29) is 17.3 Å². The Bertz CT molecular complexity index is 1520. The molecule has 0 aliphatic carbocycles. The van der Waals surface area contributed by atoms with Crippen molar-refractivity contribution in [2.75, 3.05) is 44.7 Å². The molecule has 212 valence electrons. The summed E-state index contributed by atoms with van der Waals surface area (Å²) in [6.45, 7) is 9.49. The predicted octanol–water partition coefficient (Wildman–Crippen LogP) is 5.50. The molecule has 40 heavy (non-hydrogen) atoms. The molecule has 4 rings (SSSR count). The lowest BCUT2D eigenvalue weighted by atomic mass is 10.2. The normalized spacial score (nSPS) is 11.8. The summed E-state index contributed by atoms with van der Waals surface area (Å²) in [5.74, 6) is 0.424. The first-order chi connectivity index (χ1) is 19.3. The van der Waals surface area contributed by atoms with Gasteiger partial charge in [0.2, 0.25) is 10.0 Å². The van der Waals surface area contributed by atoms with Crippen LogP contribution in [0.15, 0.2) is 77.7 Å². The average Bonchev–Trinajstić information content (AvgIpc) is 3.42. The van der Waals surface area contributed by atoms with Crippen LogP contribution in [0.4, 0.5) is 5.13 Å². The van der Waals surface area contributed by atoms with Gasteiger partial charge in [0.05, 0.1) is 16.7 Å². The van der Waals surface area contributed by atoms with Gasteiger partial charge in [0.25, 0.3) is 5.91 Å². The molecule has 0 bridgehead atoms. The Balaban J connectivity index is 1.62. The molecule has 0 N–H and O–H groups in total. The molecule has 0 atom stereocenters. The van der Waals surface area contributed by atoms with Crippen molar-refractivity contribution in [3.05, 3.63) is 83.9 Å². The summed E-state index contributed by atoms with van der Waals surface area (Å²) in [7, 11) is -2.14. The summed E-state index contributed by atoms with van der Waals surface area (Å²) in [4.78, 5) is 22.7. The fourth-order valence-electron chi connectivity index (χ4n) is 4.49. The molecule has 0 aliphatic rings. The molecule has 10 heteroatoms. The van der Waals surface area contributed by atoms with E-state index in [1.165, 1.54) is 27.8 Å². The van der Waals surface area contributed by atoms with Crippen molar-refractivity contribution in [1.29, 1.82) is 0 Å². The topological polar surface area (TPSA) is 83.1 Å². The van der Waals surface area contributed by atoms with Gasteiger partial charge in [-0.05, 0) is 55.1 Å². The number of hydrogen-bond donors (Lipinski definition) is 0. The van der Waals surface area contributed by atoms with Gasteiger partial charge in [-0.15, -0.1) is 0 Å². The Morgan fingerprint density at radius 2 is 1.57 bits per heavy atom. The number of anilines is 1. The monoisotopic (exact) mass is 580 g/mol. The third-order valence-electron chi connectivity index (χ3n) is 6.89. The molecule has 0 radical (unpaired) electrons. The lowest BCUT2D eigenvalue weighted by molar-refractivity contribution is 0.0983. The van der Waals surface area contributed by atoms with Crippen LogP contribution >= 0.6 is 11.3 Å². The molecule has 0 aliphatic heterocycles. The first-order valence-corrected chi connectivity index (χ1v) is 15.7. The number of hydrogen-bond acceptors (Lipinski definition) is 7. The first kappa shape index (κ1) is 29.7. The number of ether oxygens (including phenoxy) is 1. The molecule has 1 aromatic heterocycles. The molecule has 0 saturated heterocycles. The third kappa shape index (κ3) is 6.52. The lowest BCUT2D eigenvalue weighted by Gasteiger charge is -2.25. The van der Waals surface area contributed by atoms with E-state index in [0.717, 1.165) is 23.4 Å². The number of nitrogens with zero attached hydrogens (tertiary/aromatic N) is 4. The number of sulfonamides is 1. The minimum Gasteiger partial charge on any atom is -0.494 e. The summed E-state index contributed by atoms with van der Waals surface area (Å²) in [6.07, 6.45) is 0. The fourth-order valence-corrected chi connectivity index (χ4v) is 6.93. The number of fused-ring (bicyclic) bond motifs is 1. The second kappa shape index (κ2) is 13.4. The second-order valence-electron chi connectivity index (χ2n) is 9.23. The molecule has 1 amide bonds. The number of methoxy groups -OCH3 is 1. The second-order valence-corrected chi connectivity index (χ2v) is 12.2. The van der Waals surface area contributed by atoms with E-state index in [1.807, 2.05) is 55.5 Å². The predicted molar refractivity (Wildman–Crippen MR) is 162 cm³/mol. The van der Waals surface area contributed by atoms with E-state index in [1.54, 1.807) is 24.1 Å². The number of likely N-dealkylation sites (N-methyl/N-ethyl adjacent to an activating group) is 1. The number of amides is 1. The smallest absolute Gasteiger partial charge is 0.260 e. The maximum atomic E-state index is 13.8. The standard InChI is InChI=1S/C30H36N4O4S2/c1-5-32(6-2)20-21-34(30-31-28-26(38-4)14-11-15-27(28)39-30)29(35)24-16-18-25(19-17-24)40(36,37)33(7-3)22-23-12-9-8-10-13-23/h8-19H,5-7,20-22H2,1-4H3. The van der Waals surface area contributed by atoms with Crippen molar-refractivity contribution in [1.82, 2.24) is 14.2 Å². The molecule has 0 unspecified atom stereocenters. The van der Waals surface area contributed by atoms with Crippen molar-refractivity contribution >= 4 is 42.6 Å². The van der Waals surface area contributed by atoms with E-state index in [4.69, 9.17) is 9.72 Å². The summed E-state index contributed by atoms with van der Waals surface area (Å²) in [5, 5.41) is 0.577. The summed E-state index contributed by atoms with van der Waals surface area (Å²) < 4.78 is 34.7. The van der Waals surface area contributed by atoms with Gasteiger partial charge in [-0.2, -0.15) is 4.31 Å². The van der Waals surface area contributed by atoms with Crippen LogP contribution < -0.4 is 9.64 Å². The zero-order valence-electron chi connectivity index (χ0n) is 23.4. The van der Waals surface area contributed by atoms with E-state index >= 15 is 0 Å². The number of carbonyl (C=O) groups is 1. The molecule has 0 saturated carbocycles. The van der Waals surface area contributed by atoms with Gasteiger partial charge < -0.3 is 9.64 Å². The highest BCUT2D eigenvalue weighted by atomic mass is 32.2. The van der Waals surface area contributed by atoms with Gasteiger partial charge in [0.1, 0.15) is 11.3 Å². The highest BCUT2D eigenvalue weighted by molar-refractivity contribution is 7.89. The number of aromatic nitrogens is 1. The van der Waals surface area contributed by atoms with Gasteiger partial charge in [0.15, 0.2) is 5.13 Å². The SMILES string of the molecule is CCN(CC)CCN(C(=O)c1ccc(S(=O)(=O)N(CC)Cc2ccccc2)cc1)c1nc2c(OC)cccc2s1. The maximum absolute atomic E-state index is 13.8. The van der Waals surface area contributed by atoms with Crippen LogP contribution in [-0.4, -0.2) is 68.3 Å². The molecule has 0 fully saturated rings. The number of thiazole rings is 1. The van der Waals surface area contributed by atoms with E-state index < -0.39 is 10.0 Å². The quantitative estimate of drug-likeness (QED) is 0.208. The van der Waals surface area contributed by atoms with Crippen LogP contribution in [0.3, 0.4) is 0 Å². The van der Waals surface area contributed by atoms with Crippen LogP contribution in [0.1, 0.15) is 36.7 Å². The van der Waals surface area contributed by atoms with Crippen LogP contribution in [0.25, 0.3) is 10.2 Å². The van der Waals surface area contributed by atoms with Gasteiger partial charge in [-0.25, -0.2) is 13.4 Å². The fraction of sp³-hybridized carbons (Fsp3) is 0.333. The zero-order valence-corrected chi connectivity index (χ0v) is 25.0. The molecular formula is C30H36N4O4S2. The highest BCUT2D eigenvalue weighted by Crippen LogP contribution is 2.34. The molecular weight excluding hydrogens is 544 g/mol. The van der Waals surface area contributed by atoms with Crippen LogP contribution in [0.5, 0.6) is 5.75 Å². The van der Waals surface area contributed by atoms with Crippen molar-refractivity contribution in [3.63, 3.8) is 0 Å². The Hall–Kier alpha value is -3.31. The first-order valence-electron chi connectivity index (χ1n) is 13.4. The summed E-state index contributed by atoms with van der Waals surface area (Å²) in [5.41, 5.74) is 2.03. The number of benzene rings is 3. The number of para-hydroxylation sites is 1. The molecule has 1 heterocycles. The average molecular weight is 581 g/mol. The van der Waals surface area contributed by atoms with E-state index in [9.17, 15) is 13.2 Å². The molecule has 0 spiro atoms. The highest BCUT2D eigenvalue weighted by Gasteiger charge is 2.26. The molecule has 3 aromatic carbocycles. The van der Waals surface area contributed by atoms with E-state index in [2.05, 4.69) is 18.7 Å². The van der Waals surface area contributed by atoms with Gasteiger partial charge in [0, 0.05) is 31.7 Å². The molecule has 8 nitrogen and oxygen atoms in total. The Morgan fingerprint density at radius 3 is 2.20 bits per heavy atom. The van der Waals surface area contributed by atoms with Crippen molar-refractivity contribution in [3.8, 4) is 5.75 Å². The third-order valence-corrected chi connectivity index (χ3v) is 9.87. The largest absolute Gasteiger partial charge is 0.494 e. The van der Waals surface area contributed by atoms with E-state index in [0.29, 0.717) is 41.6 Å². The minimum atomic E-state index is -3.74. The lowest BCUT2D eigenvalue weighted by Crippen LogP contribution is -2.39. The number of rotatable bonds is 13. The zero-order chi connectivity index (χ0) is 28.7. The van der Waals surface area contributed by atoms with Gasteiger partial charge in [-0.3, -0.25) is 9.69 Å². The van der Waals surface area contributed by atoms with Crippen LogP contribution in [0, 0.1) is 0 Å². The van der Waals surface area contributed by atoms with Gasteiger partial charge >= 0.3 is 0 Å². The number of carbonyl (C=O) groups excluding carboxylic acids is 1. The Kier molecular flexibility index (Phi) is 9.91. The minimum absolute atomic E-state index is 0.154. The van der Waals surface area contributed by atoms with Crippen LogP contribution in [0.2, 0.25) is 0 Å². The van der Waals surface area contributed by atoms with Gasteiger partial charge in [-0.1, -0.05) is 68.5 Å². The maximum Gasteiger partial charge on any atom is 0.260 e.